The van der Waals surface area contributed by atoms with Gasteiger partial charge in [0.15, 0.2) is 5.82 Å². The van der Waals surface area contributed by atoms with Crippen LogP contribution in [0.25, 0.3) is 0 Å². The Kier molecular flexibility index (Phi) is 4.87. The molecule has 0 saturated carbocycles. The van der Waals surface area contributed by atoms with Gasteiger partial charge in [-0.3, -0.25) is 4.90 Å². The first-order chi connectivity index (χ1) is 9.13. The molecule has 0 aromatic carbocycles. The molecule has 1 aliphatic rings. The fraction of sp³-hybridized carbons (Fsp3) is 0.833. The molecule has 19 heavy (non-hydrogen) atoms. The number of aromatic nitrogens is 2. The minimum absolute atomic E-state index is 0.0694. The van der Waals surface area contributed by atoms with E-state index >= 15 is 0 Å². The Labute approximate surface area is 113 Å². The first kappa shape index (κ1) is 14.4. The zero-order chi connectivity index (χ0) is 13.8. The predicted molar refractivity (Wildman–Crippen MR) is 70.7 cm³/mol. The number of methoxy groups -OCH3 is 1. The van der Waals surface area contributed by atoms with Crippen LogP contribution in [0.1, 0.15) is 17.8 Å². The van der Waals surface area contributed by atoms with Gasteiger partial charge in [0.2, 0.25) is 5.89 Å². The summed E-state index contributed by atoms with van der Waals surface area (Å²) < 4.78 is 10.5. The fourth-order valence-corrected chi connectivity index (χ4v) is 2.23. The Hall–Kier alpha value is -1.02. The van der Waals surface area contributed by atoms with Crippen LogP contribution in [-0.2, 0) is 11.2 Å². The summed E-state index contributed by atoms with van der Waals surface area (Å²) >= 11 is 0. The average molecular weight is 269 g/mol. The summed E-state index contributed by atoms with van der Waals surface area (Å²) in [5.74, 6) is 1.34. The largest absolute Gasteiger partial charge is 0.380 e. The minimum atomic E-state index is -0.0694. The summed E-state index contributed by atoms with van der Waals surface area (Å²) in [5.41, 5.74) is 5.59. The summed E-state index contributed by atoms with van der Waals surface area (Å²) in [7, 11) is 5.83. The maximum absolute atomic E-state index is 5.59. The van der Waals surface area contributed by atoms with E-state index in [1.54, 1.807) is 7.11 Å². The first-order valence-electron chi connectivity index (χ1n) is 6.58. The maximum Gasteiger partial charge on any atom is 0.229 e. The van der Waals surface area contributed by atoms with E-state index in [0.29, 0.717) is 18.9 Å². The number of hydrogen-bond donors (Lipinski definition) is 1. The van der Waals surface area contributed by atoms with Gasteiger partial charge in [0.1, 0.15) is 0 Å². The van der Waals surface area contributed by atoms with Crippen molar-refractivity contribution >= 4 is 0 Å². The number of nitrogens with zero attached hydrogens (tertiary/aromatic N) is 4. The summed E-state index contributed by atoms with van der Waals surface area (Å²) in [6.07, 6.45) is 0.492. The van der Waals surface area contributed by atoms with Crippen LogP contribution in [0.5, 0.6) is 0 Å². The summed E-state index contributed by atoms with van der Waals surface area (Å²) in [6, 6.07) is 0.190. The zero-order valence-corrected chi connectivity index (χ0v) is 11.9. The lowest BCUT2D eigenvalue weighted by Gasteiger charge is -2.35. The lowest BCUT2D eigenvalue weighted by molar-refractivity contribution is 0.102. The molecule has 1 fully saturated rings. The van der Waals surface area contributed by atoms with E-state index in [1.807, 2.05) is 0 Å². The molecule has 1 aromatic rings. The molecular formula is C12H23N5O2. The van der Waals surface area contributed by atoms with Gasteiger partial charge in [-0.05, 0) is 14.1 Å². The molecular weight excluding hydrogens is 246 g/mol. The molecule has 0 aliphatic carbocycles. The Morgan fingerprint density at radius 2 is 2.26 bits per heavy atom. The zero-order valence-electron chi connectivity index (χ0n) is 11.9. The average Bonchev–Trinajstić information content (AvgIpc) is 2.87. The van der Waals surface area contributed by atoms with Crippen LogP contribution in [0, 0.1) is 0 Å². The van der Waals surface area contributed by atoms with Gasteiger partial charge in [-0.15, -0.1) is 0 Å². The van der Waals surface area contributed by atoms with Crippen LogP contribution < -0.4 is 5.73 Å². The van der Waals surface area contributed by atoms with Crippen molar-refractivity contribution in [2.45, 2.75) is 18.6 Å². The topological polar surface area (TPSA) is 80.7 Å². The first-order valence-corrected chi connectivity index (χ1v) is 6.58. The van der Waals surface area contributed by atoms with Crippen LogP contribution >= 0.6 is 0 Å². The highest BCUT2D eigenvalue weighted by molar-refractivity contribution is 4.98. The van der Waals surface area contributed by atoms with Crippen molar-refractivity contribution in [1.29, 1.82) is 0 Å². The van der Waals surface area contributed by atoms with Crippen LogP contribution in [0.2, 0.25) is 0 Å². The standard InChI is InChI=1S/C12H23N5O2/c1-16-4-5-17(2)10(8-16)12-14-11(19-15-12)6-9(7-13)18-3/h9-10H,4-8,13H2,1-3H3. The van der Waals surface area contributed by atoms with E-state index in [0.717, 1.165) is 25.5 Å². The van der Waals surface area contributed by atoms with Crippen molar-refractivity contribution in [3.63, 3.8) is 0 Å². The SMILES string of the molecule is COC(CN)Cc1nc(C2CN(C)CCN2C)no1. The number of piperazine rings is 1. The third-order valence-electron chi connectivity index (χ3n) is 3.63. The van der Waals surface area contributed by atoms with E-state index in [4.69, 9.17) is 15.0 Å². The second-order valence-corrected chi connectivity index (χ2v) is 5.10. The van der Waals surface area contributed by atoms with E-state index in [1.165, 1.54) is 0 Å². The maximum atomic E-state index is 5.59. The van der Waals surface area contributed by atoms with Gasteiger partial charge < -0.3 is 19.9 Å². The van der Waals surface area contributed by atoms with Crippen molar-refractivity contribution in [2.24, 2.45) is 5.73 Å². The van der Waals surface area contributed by atoms with E-state index < -0.39 is 0 Å². The molecule has 0 radical (unpaired) electrons. The van der Waals surface area contributed by atoms with E-state index in [2.05, 4.69) is 34.0 Å². The van der Waals surface area contributed by atoms with Gasteiger partial charge in [0.05, 0.1) is 18.6 Å². The smallest absolute Gasteiger partial charge is 0.229 e. The molecule has 1 aliphatic heterocycles. The molecule has 0 amide bonds. The van der Waals surface area contributed by atoms with Gasteiger partial charge in [-0.2, -0.15) is 4.98 Å². The van der Waals surface area contributed by atoms with Gasteiger partial charge in [0, 0.05) is 33.3 Å². The van der Waals surface area contributed by atoms with Crippen LogP contribution in [0.3, 0.4) is 0 Å². The third-order valence-corrected chi connectivity index (χ3v) is 3.63. The molecule has 0 spiro atoms. The predicted octanol–water partition coefficient (Wildman–Crippen LogP) is -0.496. The number of hydrogen-bond acceptors (Lipinski definition) is 7. The molecule has 7 heteroatoms. The summed E-state index contributed by atoms with van der Waals surface area (Å²) in [4.78, 5) is 9.00. The number of likely N-dealkylation sites (N-methyl/N-ethyl adjacent to an activating group) is 2. The Balaban J connectivity index is 2.03. The Morgan fingerprint density at radius 3 is 2.95 bits per heavy atom. The van der Waals surface area contributed by atoms with Gasteiger partial charge >= 0.3 is 0 Å². The molecule has 7 nitrogen and oxygen atoms in total. The second-order valence-electron chi connectivity index (χ2n) is 5.10. The highest BCUT2D eigenvalue weighted by atomic mass is 16.5. The number of rotatable bonds is 5. The quantitative estimate of drug-likeness (QED) is 0.772. The molecule has 2 N–H and O–H groups in total. The normalized spacial score (nSPS) is 23.7. The monoisotopic (exact) mass is 269 g/mol. The Morgan fingerprint density at radius 1 is 1.47 bits per heavy atom. The highest BCUT2D eigenvalue weighted by Gasteiger charge is 2.28. The van der Waals surface area contributed by atoms with Crippen molar-refractivity contribution in [3.05, 3.63) is 11.7 Å². The second kappa shape index (κ2) is 6.42. The van der Waals surface area contributed by atoms with Crippen LogP contribution in [0.15, 0.2) is 4.52 Å². The molecule has 2 atom stereocenters. The minimum Gasteiger partial charge on any atom is -0.380 e. The van der Waals surface area contributed by atoms with Gasteiger partial charge in [0.25, 0.3) is 0 Å². The molecule has 2 rings (SSSR count). The number of ether oxygens (including phenoxy) is 1. The van der Waals surface area contributed by atoms with Crippen LogP contribution in [0.4, 0.5) is 0 Å². The highest BCUT2D eigenvalue weighted by Crippen LogP contribution is 2.21. The lowest BCUT2D eigenvalue weighted by atomic mass is 10.2. The van der Waals surface area contributed by atoms with Crippen molar-refractivity contribution in [3.8, 4) is 0 Å². The molecule has 1 saturated heterocycles. The molecule has 0 bridgehead atoms. The van der Waals surface area contributed by atoms with Crippen LogP contribution in [-0.4, -0.2) is 73.4 Å². The van der Waals surface area contributed by atoms with Gasteiger partial charge in [-0.1, -0.05) is 5.16 Å². The lowest BCUT2D eigenvalue weighted by Crippen LogP contribution is -2.45. The molecule has 108 valence electrons. The molecule has 1 aromatic heterocycles. The third kappa shape index (κ3) is 3.50. The summed E-state index contributed by atoms with van der Waals surface area (Å²) in [6.45, 7) is 3.44. The van der Waals surface area contributed by atoms with Crippen molar-refractivity contribution in [2.75, 3.05) is 47.4 Å². The van der Waals surface area contributed by atoms with Gasteiger partial charge in [-0.25, -0.2) is 0 Å². The van der Waals surface area contributed by atoms with E-state index in [-0.39, 0.29) is 12.1 Å². The number of nitrogens with two attached hydrogens (primary N) is 1. The van der Waals surface area contributed by atoms with Crippen molar-refractivity contribution in [1.82, 2.24) is 19.9 Å². The van der Waals surface area contributed by atoms with E-state index in [9.17, 15) is 0 Å². The Bertz CT molecular complexity index is 393. The fourth-order valence-electron chi connectivity index (χ4n) is 2.23. The molecule has 2 unspecified atom stereocenters. The van der Waals surface area contributed by atoms with Crippen molar-refractivity contribution < 1.29 is 9.26 Å². The molecule has 2 heterocycles. The summed E-state index contributed by atoms with van der Waals surface area (Å²) in [5, 5.41) is 4.10.